The highest BCUT2D eigenvalue weighted by Gasteiger charge is 2.26. The van der Waals surface area contributed by atoms with E-state index < -0.39 is 22.3 Å². The Hall–Kier alpha value is -1.64. The van der Waals surface area contributed by atoms with Crippen LogP contribution in [0.4, 0.5) is 4.79 Å². The van der Waals surface area contributed by atoms with Gasteiger partial charge in [-0.1, -0.05) is 17.7 Å². The van der Waals surface area contributed by atoms with Gasteiger partial charge in [0.1, 0.15) is 6.10 Å². The molecule has 7 nitrogen and oxygen atoms in total. The molecule has 1 atom stereocenters. The number of hydrogen-bond acceptors (Lipinski definition) is 5. The van der Waals surface area contributed by atoms with E-state index in [4.69, 9.17) is 14.0 Å². The highest BCUT2D eigenvalue weighted by molar-refractivity contribution is 7.86. The molecule has 2 rings (SSSR count). The quantitative estimate of drug-likeness (QED) is 0.836. The van der Waals surface area contributed by atoms with Crippen molar-refractivity contribution in [3.63, 3.8) is 0 Å². The van der Waals surface area contributed by atoms with Crippen molar-refractivity contribution in [1.82, 2.24) is 4.90 Å². The van der Waals surface area contributed by atoms with Gasteiger partial charge < -0.3 is 14.7 Å². The predicted octanol–water partition coefficient (Wildman–Crippen LogP) is 1.08. The van der Waals surface area contributed by atoms with Crippen molar-refractivity contribution >= 4 is 16.2 Å². The molecule has 1 heterocycles. The van der Waals surface area contributed by atoms with Crippen LogP contribution in [-0.4, -0.2) is 56.9 Å². The summed E-state index contributed by atoms with van der Waals surface area (Å²) in [6.45, 7) is 2.24. The summed E-state index contributed by atoms with van der Waals surface area (Å²) in [6, 6.07) is 6.30. The largest absolute Gasteiger partial charge is 0.465 e. The molecule has 8 heteroatoms. The molecule has 1 fully saturated rings. The second kappa shape index (κ2) is 6.42. The number of carbonyl (C=O) groups is 1. The molecular formula is C13H17NO6S. The van der Waals surface area contributed by atoms with E-state index in [9.17, 15) is 13.2 Å². The maximum atomic E-state index is 12.0. The fraction of sp³-hybridized carbons (Fsp3) is 0.462. The molecule has 1 saturated heterocycles. The van der Waals surface area contributed by atoms with Crippen LogP contribution in [0, 0.1) is 6.92 Å². The summed E-state index contributed by atoms with van der Waals surface area (Å²) in [4.78, 5) is 12.1. The molecule has 1 aromatic carbocycles. The minimum Gasteiger partial charge on any atom is -0.465 e. The van der Waals surface area contributed by atoms with Crippen LogP contribution < -0.4 is 0 Å². The number of ether oxygens (including phenoxy) is 1. The Balaban J connectivity index is 1.95. The van der Waals surface area contributed by atoms with Gasteiger partial charge in [-0.3, -0.25) is 4.18 Å². The number of rotatable bonds is 4. The average molecular weight is 315 g/mol. The highest BCUT2D eigenvalue weighted by atomic mass is 32.2. The van der Waals surface area contributed by atoms with E-state index in [1.54, 1.807) is 12.1 Å². The van der Waals surface area contributed by atoms with E-state index >= 15 is 0 Å². The van der Waals surface area contributed by atoms with E-state index in [2.05, 4.69) is 0 Å². The van der Waals surface area contributed by atoms with Gasteiger partial charge >= 0.3 is 6.09 Å². The van der Waals surface area contributed by atoms with Gasteiger partial charge in [0.25, 0.3) is 10.1 Å². The Morgan fingerprint density at radius 2 is 2.10 bits per heavy atom. The minimum absolute atomic E-state index is 0.0685. The molecule has 0 spiro atoms. The van der Waals surface area contributed by atoms with Crippen LogP contribution in [0.1, 0.15) is 5.56 Å². The van der Waals surface area contributed by atoms with Gasteiger partial charge in [0.15, 0.2) is 0 Å². The van der Waals surface area contributed by atoms with Crippen molar-refractivity contribution in [3.05, 3.63) is 29.8 Å². The average Bonchev–Trinajstić information content (AvgIpc) is 2.46. The fourth-order valence-corrected chi connectivity index (χ4v) is 2.87. The normalized spacial score (nSPS) is 19.5. The molecule has 1 N–H and O–H groups in total. The molecule has 1 amide bonds. The van der Waals surface area contributed by atoms with Crippen LogP contribution in [-0.2, 0) is 19.0 Å². The Bertz CT molecular complexity index is 598. The number of nitrogens with zero attached hydrogens (tertiary/aromatic N) is 1. The zero-order valence-electron chi connectivity index (χ0n) is 11.6. The third kappa shape index (κ3) is 4.16. The van der Waals surface area contributed by atoms with Crippen LogP contribution in [0.25, 0.3) is 0 Å². The maximum Gasteiger partial charge on any atom is 0.407 e. The first-order chi connectivity index (χ1) is 9.88. The van der Waals surface area contributed by atoms with Gasteiger partial charge in [-0.25, -0.2) is 4.79 Å². The summed E-state index contributed by atoms with van der Waals surface area (Å²) in [5.74, 6) is 0. The monoisotopic (exact) mass is 315 g/mol. The molecule has 0 saturated carbocycles. The Morgan fingerprint density at radius 1 is 1.43 bits per heavy atom. The maximum absolute atomic E-state index is 12.0. The molecular weight excluding hydrogens is 298 g/mol. The van der Waals surface area contributed by atoms with Crippen LogP contribution in [0.3, 0.4) is 0 Å². The lowest BCUT2D eigenvalue weighted by Crippen LogP contribution is -2.46. The fourth-order valence-electron chi connectivity index (χ4n) is 1.93. The molecule has 0 aliphatic carbocycles. The van der Waals surface area contributed by atoms with E-state index in [0.29, 0.717) is 0 Å². The van der Waals surface area contributed by atoms with Gasteiger partial charge in [0.05, 0.1) is 24.7 Å². The molecule has 0 unspecified atom stereocenters. The molecule has 1 aliphatic heterocycles. The van der Waals surface area contributed by atoms with Gasteiger partial charge in [-0.05, 0) is 19.1 Å². The summed E-state index contributed by atoms with van der Waals surface area (Å²) >= 11 is 0. The summed E-state index contributed by atoms with van der Waals surface area (Å²) < 4.78 is 34.3. The van der Waals surface area contributed by atoms with E-state index in [1.165, 1.54) is 17.0 Å². The Labute approximate surface area is 123 Å². The van der Waals surface area contributed by atoms with E-state index in [1.807, 2.05) is 6.92 Å². The van der Waals surface area contributed by atoms with Crippen molar-refractivity contribution < 1.29 is 27.2 Å². The van der Waals surface area contributed by atoms with Crippen molar-refractivity contribution in [2.24, 2.45) is 0 Å². The smallest absolute Gasteiger partial charge is 0.407 e. The van der Waals surface area contributed by atoms with Crippen molar-refractivity contribution in [1.29, 1.82) is 0 Å². The number of hydrogen-bond donors (Lipinski definition) is 1. The first-order valence-electron chi connectivity index (χ1n) is 6.44. The standard InChI is InChI=1S/C13H17NO6S/c1-10-2-4-12(5-3-10)21(17,18)20-9-11-8-14(13(15)16)6-7-19-11/h2-5,11H,6-9H2,1H3,(H,15,16)/t11-/m0/s1. The van der Waals surface area contributed by atoms with Gasteiger partial charge in [0, 0.05) is 6.54 Å². The number of benzene rings is 1. The van der Waals surface area contributed by atoms with Gasteiger partial charge in [-0.2, -0.15) is 8.42 Å². The number of morpholine rings is 1. The van der Waals surface area contributed by atoms with E-state index in [0.717, 1.165) is 5.56 Å². The van der Waals surface area contributed by atoms with E-state index in [-0.39, 0.29) is 31.2 Å². The lowest BCUT2D eigenvalue weighted by atomic mass is 10.2. The van der Waals surface area contributed by atoms with Crippen molar-refractivity contribution in [2.75, 3.05) is 26.3 Å². The molecule has 0 radical (unpaired) electrons. The van der Waals surface area contributed by atoms with Crippen molar-refractivity contribution in [3.8, 4) is 0 Å². The third-order valence-corrected chi connectivity index (χ3v) is 4.42. The molecule has 0 aromatic heterocycles. The SMILES string of the molecule is Cc1ccc(S(=O)(=O)OC[C@@H]2CN(C(=O)O)CCO2)cc1. The Kier molecular flexibility index (Phi) is 4.81. The zero-order chi connectivity index (χ0) is 15.5. The summed E-state index contributed by atoms with van der Waals surface area (Å²) in [5, 5.41) is 8.90. The first kappa shape index (κ1) is 15.7. The number of amides is 1. The van der Waals surface area contributed by atoms with Crippen LogP contribution >= 0.6 is 0 Å². The first-order valence-corrected chi connectivity index (χ1v) is 7.85. The predicted molar refractivity (Wildman–Crippen MR) is 73.7 cm³/mol. The third-order valence-electron chi connectivity index (χ3n) is 3.13. The summed E-state index contributed by atoms with van der Waals surface area (Å²) in [6.07, 6.45) is -1.64. The van der Waals surface area contributed by atoms with Gasteiger partial charge in [-0.15, -0.1) is 0 Å². The Morgan fingerprint density at radius 3 is 2.71 bits per heavy atom. The summed E-state index contributed by atoms with van der Waals surface area (Å²) in [7, 11) is -3.86. The highest BCUT2D eigenvalue weighted by Crippen LogP contribution is 2.15. The van der Waals surface area contributed by atoms with Crippen LogP contribution in [0.5, 0.6) is 0 Å². The number of carboxylic acid groups (broad SMARTS) is 1. The van der Waals surface area contributed by atoms with Crippen molar-refractivity contribution in [2.45, 2.75) is 17.9 Å². The van der Waals surface area contributed by atoms with Crippen LogP contribution in [0.15, 0.2) is 29.2 Å². The lowest BCUT2D eigenvalue weighted by Gasteiger charge is -2.30. The molecule has 0 bridgehead atoms. The summed E-state index contributed by atoms with van der Waals surface area (Å²) in [5.41, 5.74) is 0.946. The van der Waals surface area contributed by atoms with Gasteiger partial charge in [0.2, 0.25) is 0 Å². The van der Waals surface area contributed by atoms with Crippen LogP contribution in [0.2, 0.25) is 0 Å². The topological polar surface area (TPSA) is 93.1 Å². The second-order valence-corrected chi connectivity index (χ2v) is 6.39. The molecule has 1 aromatic rings. The molecule has 1 aliphatic rings. The second-order valence-electron chi connectivity index (χ2n) is 4.77. The lowest BCUT2D eigenvalue weighted by molar-refractivity contribution is -0.0402. The molecule has 21 heavy (non-hydrogen) atoms. The zero-order valence-corrected chi connectivity index (χ0v) is 12.4. The molecule has 116 valence electrons. The minimum atomic E-state index is -3.86. The number of aryl methyl sites for hydroxylation is 1.